The summed E-state index contributed by atoms with van der Waals surface area (Å²) in [6.07, 6.45) is 0. The first-order valence-electron chi connectivity index (χ1n) is 4.78. The summed E-state index contributed by atoms with van der Waals surface area (Å²) in [5.41, 5.74) is 0.700. The van der Waals surface area contributed by atoms with Crippen molar-refractivity contribution in [1.82, 2.24) is 5.32 Å². The van der Waals surface area contributed by atoms with Crippen LogP contribution in [-0.2, 0) is 9.59 Å². The minimum absolute atomic E-state index is 0.0573. The second-order valence-electron chi connectivity index (χ2n) is 3.33. The predicted octanol–water partition coefficient (Wildman–Crippen LogP) is 1.21. The number of carbonyl (C=O) groups excluding carboxylic acids is 2. The second kappa shape index (κ2) is 4.47. The third-order valence-corrected chi connectivity index (χ3v) is 2.59. The summed E-state index contributed by atoms with van der Waals surface area (Å²) in [5.74, 6) is -0.425. The van der Waals surface area contributed by atoms with E-state index >= 15 is 0 Å². The van der Waals surface area contributed by atoms with Crippen molar-refractivity contribution in [2.45, 2.75) is 0 Å². The lowest BCUT2D eigenvalue weighted by atomic mass is 10.3. The van der Waals surface area contributed by atoms with Crippen LogP contribution in [0.2, 0.25) is 0 Å². The molecule has 0 aliphatic carbocycles. The van der Waals surface area contributed by atoms with Crippen LogP contribution in [0.1, 0.15) is 0 Å². The largest absolute Gasteiger partial charge is 0.497 e. The number of rotatable bonds is 3. The van der Waals surface area contributed by atoms with E-state index in [2.05, 4.69) is 10.6 Å². The smallest absolute Gasteiger partial charge is 0.276 e. The van der Waals surface area contributed by atoms with Gasteiger partial charge < -0.3 is 10.1 Å². The molecule has 5 nitrogen and oxygen atoms in total. The molecule has 0 unspecified atom stereocenters. The monoisotopic (exact) mass is 252 g/mol. The highest BCUT2D eigenvalue weighted by Gasteiger charge is 2.28. The molecular weight excluding hydrogens is 244 g/mol. The van der Waals surface area contributed by atoms with Gasteiger partial charge in [-0.2, -0.15) is 0 Å². The van der Waals surface area contributed by atoms with Gasteiger partial charge in [-0.1, -0.05) is 11.6 Å². The van der Waals surface area contributed by atoms with Crippen molar-refractivity contribution in [3.8, 4) is 5.75 Å². The number of anilines is 1. The Kier molecular flexibility index (Phi) is 3.01. The molecule has 0 saturated heterocycles. The van der Waals surface area contributed by atoms with E-state index in [0.29, 0.717) is 11.4 Å². The van der Waals surface area contributed by atoms with Gasteiger partial charge in [0, 0.05) is 5.69 Å². The lowest BCUT2D eigenvalue weighted by molar-refractivity contribution is -0.123. The van der Waals surface area contributed by atoms with Crippen LogP contribution in [0.15, 0.2) is 35.0 Å². The fraction of sp³-hybridized carbons (Fsp3) is 0.0909. The zero-order valence-electron chi connectivity index (χ0n) is 8.91. The summed E-state index contributed by atoms with van der Waals surface area (Å²) < 4.78 is 5.00. The summed E-state index contributed by atoms with van der Waals surface area (Å²) >= 11 is 5.69. The SMILES string of the molecule is COc1ccc(NC2=C(Cl)C(=O)NC2=O)cc1. The number of ether oxygens (including phenoxy) is 1. The highest BCUT2D eigenvalue weighted by atomic mass is 35.5. The Labute approximate surface area is 102 Å². The molecular formula is C11H9ClN2O3. The molecule has 2 N–H and O–H groups in total. The van der Waals surface area contributed by atoms with Gasteiger partial charge in [0.1, 0.15) is 16.5 Å². The van der Waals surface area contributed by atoms with Crippen LogP contribution in [0, 0.1) is 0 Å². The topological polar surface area (TPSA) is 67.4 Å². The second-order valence-corrected chi connectivity index (χ2v) is 3.70. The predicted molar refractivity (Wildman–Crippen MR) is 62.6 cm³/mol. The first-order chi connectivity index (χ1) is 8.11. The summed E-state index contributed by atoms with van der Waals surface area (Å²) in [5, 5.41) is 4.74. The fourth-order valence-electron chi connectivity index (χ4n) is 1.36. The number of nitrogens with one attached hydrogen (secondary N) is 2. The van der Waals surface area contributed by atoms with Gasteiger partial charge in [0.15, 0.2) is 0 Å². The van der Waals surface area contributed by atoms with Gasteiger partial charge in [-0.15, -0.1) is 0 Å². The Morgan fingerprint density at radius 1 is 1.18 bits per heavy atom. The first-order valence-corrected chi connectivity index (χ1v) is 5.16. The first kappa shape index (κ1) is 11.5. The third-order valence-electron chi connectivity index (χ3n) is 2.23. The molecule has 0 aromatic heterocycles. The highest BCUT2D eigenvalue weighted by molar-refractivity contribution is 6.48. The molecule has 0 saturated carbocycles. The van der Waals surface area contributed by atoms with Crippen LogP contribution in [-0.4, -0.2) is 18.9 Å². The Morgan fingerprint density at radius 3 is 2.29 bits per heavy atom. The van der Waals surface area contributed by atoms with Crippen LogP contribution in [0.4, 0.5) is 5.69 Å². The third kappa shape index (κ3) is 2.24. The number of hydrogen-bond acceptors (Lipinski definition) is 4. The molecule has 0 bridgehead atoms. The molecule has 17 heavy (non-hydrogen) atoms. The Hall–Kier alpha value is -2.01. The van der Waals surface area contributed by atoms with E-state index in [1.807, 2.05) is 0 Å². The van der Waals surface area contributed by atoms with Crippen molar-refractivity contribution in [1.29, 1.82) is 0 Å². The molecule has 1 aromatic rings. The number of carbonyl (C=O) groups is 2. The normalized spacial score (nSPS) is 14.9. The van der Waals surface area contributed by atoms with Gasteiger partial charge in [0.25, 0.3) is 11.8 Å². The summed E-state index contributed by atoms with van der Waals surface area (Å²) in [6.45, 7) is 0. The molecule has 0 atom stereocenters. The van der Waals surface area contributed by atoms with Gasteiger partial charge in [-0.05, 0) is 24.3 Å². The van der Waals surface area contributed by atoms with Crippen molar-refractivity contribution >= 4 is 29.1 Å². The molecule has 1 aromatic carbocycles. The van der Waals surface area contributed by atoms with Gasteiger partial charge in [0.05, 0.1) is 7.11 Å². The molecule has 1 heterocycles. The van der Waals surface area contributed by atoms with Crippen LogP contribution in [0.5, 0.6) is 5.75 Å². The molecule has 0 radical (unpaired) electrons. The Balaban J connectivity index is 2.21. The van der Waals surface area contributed by atoms with Crippen LogP contribution < -0.4 is 15.4 Å². The molecule has 0 fully saturated rings. The van der Waals surface area contributed by atoms with E-state index in [4.69, 9.17) is 16.3 Å². The molecule has 6 heteroatoms. The number of hydrogen-bond donors (Lipinski definition) is 2. The molecule has 1 aliphatic heterocycles. The van der Waals surface area contributed by atoms with Crippen molar-refractivity contribution in [2.24, 2.45) is 0 Å². The molecule has 2 amide bonds. The van der Waals surface area contributed by atoms with Gasteiger partial charge >= 0.3 is 0 Å². The van der Waals surface area contributed by atoms with E-state index in [1.165, 1.54) is 0 Å². The van der Waals surface area contributed by atoms with Crippen LogP contribution in [0.25, 0.3) is 0 Å². The number of benzene rings is 1. The standard InChI is InChI=1S/C11H9ClN2O3/c1-17-7-4-2-6(3-5-7)13-9-8(12)10(15)14-11(9)16/h2-5H,1H3,(H2,13,14,15,16). The van der Waals surface area contributed by atoms with E-state index in [1.54, 1.807) is 31.4 Å². The van der Waals surface area contributed by atoms with Crippen molar-refractivity contribution in [2.75, 3.05) is 12.4 Å². The van der Waals surface area contributed by atoms with E-state index in [9.17, 15) is 9.59 Å². The van der Waals surface area contributed by atoms with Crippen LogP contribution >= 0.6 is 11.6 Å². The van der Waals surface area contributed by atoms with E-state index in [0.717, 1.165) is 0 Å². The molecule has 0 spiro atoms. The van der Waals surface area contributed by atoms with Crippen molar-refractivity contribution in [3.63, 3.8) is 0 Å². The average Bonchev–Trinajstić information content (AvgIpc) is 2.57. The van der Waals surface area contributed by atoms with Gasteiger partial charge in [0.2, 0.25) is 0 Å². The van der Waals surface area contributed by atoms with Gasteiger partial charge in [-0.25, -0.2) is 0 Å². The average molecular weight is 253 g/mol. The van der Waals surface area contributed by atoms with Crippen molar-refractivity contribution in [3.05, 3.63) is 35.0 Å². The Bertz CT molecular complexity index is 508. The van der Waals surface area contributed by atoms with Gasteiger partial charge in [-0.3, -0.25) is 14.9 Å². The van der Waals surface area contributed by atoms with E-state index < -0.39 is 11.8 Å². The fourth-order valence-corrected chi connectivity index (χ4v) is 1.54. The Morgan fingerprint density at radius 2 is 1.82 bits per heavy atom. The molecule has 1 aliphatic rings. The van der Waals surface area contributed by atoms with Crippen molar-refractivity contribution < 1.29 is 14.3 Å². The lowest BCUT2D eigenvalue weighted by Crippen LogP contribution is -2.24. The zero-order valence-corrected chi connectivity index (χ0v) is 9.67. The van der Waals surface area contributed by atoms with Crippen LogP contribution in [0.3, 0.4) is 0 Å². The zero-order chi connectivity index (χ0) is 12.4. The van der Waals surface area contributed by atoms with E-state index in [-0.39, 0.29) is 10.7 Å². The lowest BCUT2D eigenvalue weighted by Gasteiger charge is -2.06. The maximum atomic E-state index is 11.4. The summed E-state index contributed by atoms with van der Waals surface area (Å²) in [4.78, 5) is 22.5. The number of imide groups is 1. The number of halogens is 1. The molecule has 88 valence electrons. The quantitative estimate of drug-likeness (QED) is 0.794. The highest BCUT2D eigenvalue weighted by Crippen LogP contribution is 2.21. The number of amides is 2. The minimum atomic E-state index is -0.590. The minimum Gasteiger partial charge on any atom is -0.497 e. The number of methoxy groups -OCH3 is 1. The summed E-state index contributed by atoms with van der Waals surface area (Å²) in [6, 6.07) is 6.88. The maximum Gasteiger partial charge on any atom is 0.276 e. The maximum absolute atomic E-state index is 11.4. The summed E-state index contributed by atoms with van der Waals surface area (Å²) in [7, 11) is 1.56. The molecule has 2 rings (SSSR count).